The van der Waals surface area contributed by atoms with E-state index in [9.17, 15) is 23.2 Å². The van der Waals surface area contributed by atoms with Crippen molar-refractivity contribution in [3.05, 3.63) is 5.21 Å². The number of rotatable bonds is 5. The van der Waals surface area contributed by atoms with Gasteiger partial charge in [0.25, 0.3) is 0 Å². The Morgan fingerprint density at radius 1 is 1.18 bits per heavy atom. The lowest BCUT2D eigenvalue weighted by atomic mass is 9.49. The fraction of sp³-hybridized carbons (Fsp3) is 0.929. The Kier molecular flexibility index (Phi) is 4.37. The van der Waals surface area contributed by atoms with Crippen molar-refractivity contribution in [2.75, 3.05) is 13.1 Å². The fourth-order valence-corrected chi connectivity index (χ4v) is 5.41. The van der Waals surface area contributed by atoms with E-state index in [0.717, 1.165) is 19.3 Å². The van der Waals surface area contributed by atoms with E-state index in [2.05, 4.69) is 5.32 Å². The maximum Gasteiger partial charge on any atom is 0.455 e. The maximum absolute atomic E-state index is 12.5. The second-order valence-electron chi connectivity index (χ2n) is 7.05. The molecule has 4 nitrogen and oxygen atoms in total. The van der Waals surface area contributed by atoms with Gasteiger partial charge in [-0.15, -0.1) is 0 Å². The highest BCUT2D eigenvalue weighted by molar-refractivity contribution is 7.97. The number of carbonyl (C=O) groups is 1. The Bertz CT molecular complexity index is 409. The first kappa shape index (κ1) is 16.4. The summed E-state index contributed by atoms with van der Waals surface area (Å²) in [6.45, 7) is -0.393. The maximum atomic E-state index is 12.5. The van der Waals surface area contributed by atoms with E-state index < -0.39 is 17.5 Å². The van der Waals surface area contributed by atoms with Crippen molar-refractivity contribution < 1.29 is 18.0 Å². The van der Waals surface area contributed by atoms with Crippen molar-refractivity contribution in [3.63, 3.8) is 0 Å². The van der Waals surface area contributed by atoms with Crippen molar-refractivity contribution in [3.8, 4) is 0 Å². The van der Waals surface area contributed by atoms with Gasteiger partial charge in [-0.1, -0.05) is 0 Å². The number of hydroxylamine groups is 1. The van der Waals surface area contributed by atoms with Gasteiger partial charge < -0.3 is 15.0 Å². The summed E-state index contributed by atoms with van der Waals surface area (Å²) in [5, 5.41) is 13.8. The minimum absolute atomic E-state index is 0.0346. The van der Waals surface area contributed by atoms with Crippen LogP contribution in [0.3, 0.4) is 0 Å². The van der Waals surface area contributed by atoms with Crippen LogP contribution in [-0.2, 0) is 4.79 Å². The summed E-state index contributed by atoms with van der Waals surface area (Å²) in [5.74, 6) is 1.84. The number of amides is 1. The Morgan fingerprint density at radius 3 is 2.14 bits per heavy atom. The molecule has 4 bridgehead atoms. The molecule has 0 aromatic carbocycles. The highest BCUT2D eigenvalue weighted by atomic mass is 32.2. The third kappa shape index (κ3) is 3.54. The summed E-state index contributed by atoms with van der Waals surface area (Å²) in [7, 11) is 0. The number of nitrogens with zero attached hydrogens (tertiary/aromatic N) is 1. The summed E-state index contributed by atoms with van der Waals surface area (Å²) in [6, 6.07) is 0. The molecule has 0 radical (unpaired) electrons. The molecule has 4 saturated carbocycles. The van der Waals surface area contributed by atoms with Gasteiger partial charge in [0, 0.05) is 30.5 Å². The minimum Gasteiger partial charge on any atom is -0.775 e. The van der Waals surface area contributed by atoms with E-state index in [1.54, 1.807) is 0 Å². The van der Waals surface area contributed by atoms with Gasteiger partial charge in [0.1, 0.15) is 0 Å². The van der Waals surface area contributed by atoms with E-state index in [-0.39, 0.29) is 28.9 Å². The van der Waals surface area contributed by atoms with E-state index in [1.165, 1.54) is 19.3 Å². The standard InChI is InChI=1S/C14H20F3N2O2S/c15-14(16,17)22-19(21)2-1-18-12(20)13-6-9-3-10(7-13)5-11(4-9)8-13/h9-11H,1-8H2,(H,18,20)/q-1. The molecule has 1 amide bonds. The van der Waals surface area contributed by atoms with Crippen LogP contribution in [0.4, 0.5) is 13.2 Å². The van der Waals surface area contributed by atoms with Gasteiger partial charge in [-0.25, -0.2) is 0 Å². The van der Waals surface area contributed by atoms with Crippen LogP contribution in [0.5, 0.6) is 0 Å². The molecule has 4 rings (SSSR count). The van der Waals surface area contributed by atoms with Crippen molar-refractivity contribution in [2.45, 2.75) is 44.0 Å². The number of alkyl halides is 3. The second-order valence-corrected chi connectivity index (χ2v) is 8.10. The molecule has 4 aliphatic carbocycles. The molecule has 8 heteroatoms. The van der Waals surface area contributed by atoms with Crippen LogP contribution in [0.2, 0.25) is 0 Å². The zero-order valence-corrected chi connectivity index (χ0v) is 13.0. The van der Waals surface area contributed by atoms with Gasteiger partial charge in [-0.3, -0.25) is 4.79 Å². The van der Waals surface area contributed by atoms with Crippen LogP contribution in [0.15, 0.2) is 0 Å². The first-order valence-corrected chi connectivity index (χ1v) is 8.52. The van der Waals surface area contributed by atoms with Crippen molar-refractivity contribution >= 4 is 17.9 Å². The lowest BCUT2D eigenvalue weighted by Crippen LogP contribution is -2.54. The molecule has 126 valence electrons. The van der Waals surface area contributed by atoms with Crippen molar-refractivity contribution in [1.29, 1.82) is 0 Å². The van der Waals surface area contributed by atoms with Crippen molar-refractivity contribution in [2.24, 2.45) is 23.2 Å². The van der Waals surface area contributed by atoms with E-state index >= 15 is 0 Å². The van der Waals surface area contributed by atoms with E-state index in [1.807, 2.05) is 0 Å². The van der Waals surface area contributed by atoms with Crippen molar-refractivity contribution in [1.82, 2.24) is 9.79 Å². The Morgan fingerprint density at radius 2 is 1.68 bits per heavy atom. The topological polar surface area (TPSA) is 55.4 Å². The van der Waals surface area contributed by atoms with Crippen LogP contribution in [-0.4, -0.2) is 29.0 Å². The van der Waals surface area contributed by atoms with Gasteiger partial charge in [-0.05, 0) is 56.3 Å². The van der Waals surface area contributed by atoms with Crippen LogP contribution >= 0.6 is 11.9 Å². The first-order valence-electron chi connectivity index (χ1n) is 7.75. The quantitative estimate of drug-likeness (QED) is 0.618. The summed E-state index contributed by atoms with van der Waals surface area (Å²) in [5.41, 5.74) is -4.90. The third-order valence-electron chi connectivity index (χ3n) is 5.31. The van der Waals surface area contributed by atoms with Gasteiger partial charge in [-0.2, -0.15) is 13.2 Å². The number of hydrogen-bond donors (Lipinski definition) is 1. The molecule has 4 fully saturated rings. The summed E-state index contributed by atoms with van der Waals surface area (Å²) >= 11 is -0.706. The van der Waals surface area contributed by atoms with Crippen LogP contribution in [0.25, 0.3) is 0 Å². The summed E-state index contributed by atoms with van der Waals surface area (Å²) in [6.07, 6.45) is 6.39. The average Bonchev–Trinajstić information content (AvgIpc) is 2.34. The third-order valence-corrected chi connectivity index (χ3v) is 5.90. The van der Waals surface area contributed by atoms with E-state index in [0.29, 0.717) is 17.8 Å². The minimum atomic E-state index is -4.58. The molecule has 0 aliphatic heterocycles. The van der Waals surface area contributed by atoms with Gasteiger partial charge in [0.05, 0.1) is 0 Å². The molecular weight excluding hydrogens is 317 g/mol. The number of halogens is 3. The Balaban J connectivity index is 1.48. The van der Waals surface area contributed by atoms with E-state index in [4.69, 9.17) is 0 Å². The molecule has 0 aromatic heterocycles. The molecule has 4 aliphatic rings. The summed E-state index contributed by atoms with van der Waals surface area (Å²) < 4.78 is 36.0. The lowest BCUT2D eigenvalue weighted by molar-refractivity contribution is -0.146. The molecule has 0 heterocycles. The average molecular weight is 337 g/mol. The van der Waals surface area contributed by atoms with Gasteiger partial charge >= 0.3 is 5.51 Å². The molecule has 0 saturated heterocycles. The summed E-state index contributed by atoms with van der Waals surface area (Å²) in [4.78, 5) is 12.5. The monoisotopic (exact) mass is 337 g/mol. The number of hydrogen-bond acceptors (Lipinski definition) is 4. The SMILES string of the molecule is O=C(NCCN([O-])SC(F)(F)F)C12CC3CC(CC(C3)C1)C2. The number of nitrogens with one attached hydrogen (secondary N) is 1. The van der Waals surface area contributed by atoms with Gasteiger partial charge in [0.2, 0.25) is 5.91 Å². The lowest BCUT2D eigenvalue weighted by Gasteiger charge is -2.55. The molecule has 1 N–H and O–H groups in total. The molecule has 0 spiro atoms. The van der Waals surface area contributed by atoms with Crippen LogP contribution in [0.1, 0.15) is 38.5 Å². The second kappa shape index (κ2) is 5.87. The van der Waals surface area contributed by atoms with Crippen LogP contribution < -0.4 is 5.32 Å². The number of carbonyl (C=O) groups excluding carboxylic acids is 1. The Hall–Kier alpha value is -0.470. The highest BCUT2D eigenvalue weighted by Crippen LogP contribution is 2.60. The Labute approximate surface area is 131 Å². The highest BCUT2D eigenvalue weighted by Gasteiger charge is 2.54. The molecule has 0 atom stereocenters. The van der Waals surface area contributed by atoms with Crippen LogP contribution in [0, 0.1) is 28.4 Å². The normalized spacial score (nSPS) is 36.9. The smallest absolute Gasteiger partial charge is 0.455 e. The molecule has 22 heavy (non-hydrogen) atoms. The first-order chi connectivity index (χ1) is 10.3. The zero-order chi connectivity index (χ0) is 16.0. The zero-order valence-electron chi connectivity index (χ0n) is 12.2. The largest absolute Gasteiger partial charge is 0.775 e. The molecule has 0 unspecified atom stereocenters. The predicted octanol–water partition coefficient (Wildman–Crippen LogP) is 3.29. The fourth-order valence-electron chi connectivity index (χ4n) is 5.00. The molecule has 0 aromatic rings. The molecular formula is C14H20F3N2O2S-. The predicted molar refractivity (Wildman–Crippen MR) is 77.3 cm³/mol. The van der Waals surface area contributed by atoms with Gasteiger partial charge in [0.15, 0.2) is 0 Å².